The standard InChI is InChI=1S/C15H14Cl2N2O3S/c1-7-13(23-9(3)18-7)15(21)22-8(2)14(20)19-12-10(16)5-4-6-11(12)17/h4-6,8H,1-3H3,(H,19,20)/t8-/m1/s1. The van der Waals surface area contributed by atoms with Crippen LogP contribution in [-0.4, -0.2) is 23.0 Å². The Labute approximate surface area is 147 Å². The Morgan fingerprint density at radius 2 is 1.87 bits per heavy atom. The molecule has 0 bridgehead atoms. The van der Waals surface area contributed by atoms with E-state index >= 15 is 0 Å². The molecule has 1 atom stereocenters. The number of thiazole rings is 1. The molecule has 122 valence electrons. The van der Waals surface area contributed by atoms with Crippen molar-refractivity contribution < 1.29 is 14.3 Å². The second kappa shape index (κ2) is 7.29. The normalized spacial score (nSPS) is 11.9. The van der Waals surface area contributed by atoms with Gasteiger partial charge in [-0.25, -0.2) is 9.78 Å². The summed E-state index contributed by atoms with van der Waals surface area (Å²) in [4.78, 5) is 28.8. The van der Waals surface area contributed by atoms with E-state index in [-0.39, 0.29) is 5.69 Å². The third-order valence-electron chi connectivity index (χ3n) is 2.95. The van der Waals surface area contributed by atoms with E-state index in [9.17, 15) is 9.59 Å². The summed E-state index contributed by atoms with van der Waals surface area (Å²) in [7, 11) is 0. The Hall–Kier alpha value is -1.63. The predicted molar refractivity (Wildman–Crippen MR) is 91.6 cm³/mol. The van der Waals surface area contributed by atoms with Crippen molar-refractivity contribution in [2.24, 2.45) is 0 Å². The van der Waals surface area contributed by atoms with Crippen LogP contribution in [0.4, 0.5) is 5.69 Å². The van der Waals surface area contributed by atoms with E-state index < -0.39 is 18.0 Å². The van der Waals surface area contributed by atoms with E-state index in [1.165, 1.54) is 18.3 Å². The van der Waals surface area contributed by atoms with Crippen LogP contribution in [-0.2, 0) is 9.53 Å². The number of nitrogens with one attached hydrogen (secondary N) is 1. The molecule has 2 aromatic rings. The van der Waals surface area contributed by atoms with Crippen molar-refractivity contribution in [2.75, 3.05) is 5.32 Å². The quantitative estimate of drug-likeness (QED) is 0.814. The number of anilines is 1. The molecule has 0 unspecified atom stereocenters. The molecule has 23 heavy (non-hydrogen) atoms. The van der Waals surface area contributed by atoms with Crippen LogP contribution in [0.15, 0.2) is 18.2 Å². The molecule has 5 nitrogen and oxygen atoms in total. The number of aryl methyl sites for hydroxylation is 2. The topological polar surface area (TPSA) is 68.3 Å². The van der Waals surface area contributed by atoms with Gasteiger partial charge in [-0.1, -0.05) is 29.3 Å². The smallest absolute Gasteiger partial charge is 0.351 e. The maximum atomic E-state index is 12.2. The van der Waals surface area contributed by atoms with E-state index in [1.807, 2.05) is 0 Å². The monoisotopic (exact) mass is 372 g/mol. The maximum Gasteiger partial charge on any atom is 0.351 e. The molecule has 2 rings (SSSR count). The first-order valence-electron chi connectivity index (χ1n) is 6.69. The number of amides is 1. The summed E-state index contributed by atoms with van der Waals surface area (Å²) in [5.41, 5.74) is 0.868. The van der Waals surface area contributed by atoms with E-state index in [0.717, 1.165) is 5.01 Å². The lowest BCUT2D eigenvalue weighted by Gasteiger charge is -2.14. The molecular formula is C15H14Cl2N2O3S. The van der Waals surface area contributed by atoms with Crippen LogP contribution >= 0.6 is 34.5 Å². The molecule has 0 spiro atoms. The Morgan fingerprint density at radius 1 is 1.26 bits per heavy atom. The summed E-state index contributed by atoms with van der Waals surface area (Å²) >= 11 is 13.2. The Kier molecular flexibility index (Phi) is 5.62. The van der Waals surface area contributed by atoms with Crippen molar-refractivity contribution in [1.82, 2.24) is 4.98 Å². The summed E-state index contributed by atoms with van der Waals surface area (Å²) in [5, 5.41) is 3.93. The first kappa shape index (κ1) is 17.7. The molecule has 0 radical (unpaired) electrons. The largest absolute Gasteiger partial charge is 0.448 e. The fourth-order valence-electron chi connectivity index (χ4n) is 1.83. The fraction of sp³-hybridized carbons (Fsp3) is 0.267. The van der Waals surface area contributed by atoms with Gasteiger partial charge in [-0.2, -0.15) is 0 Å². The van der Waals surface area contributed by atoms with Crippen molar-refractivity contribution in [1.29, 1.82) is 0 Å². The minimum Gasteiger partial charge on any atom is -0.448 e. The van der Waals surface area contributed by atoms with Gasteiger partial charge in [0.1, 0.15) is 4.88 Å². The second-order valence-electron chi connectivity index (χ2n) is 4.78. The zero-order valence-electron chi connectivity index (χ0n) is 12.6. The van der Waals surface area contributed by atoms with Crippen LogP contribution in [0, 0.1) is 13.8 Å². The minimum absolute atomic E-state index is 0.286. The van der Waals surface area contributed by atoms with Crippen LogP contribution in [0.2, 0.25) is 10.0 Å². The molecule has 0 aliphatic carbocycles. The van der Waals surface area contributed by atoms with E-state index in [0.29, 0.717) is 20.6 Å². The molecule has 0 fully saturated rings. The van der Waals surface area contributed by atoms with Crippen molar-refractivity contribution in [2.45, 2.75) is 26.9 Å². The summed E-state index contributed by atoms with van der Waals surface area (Å²) in [5.74, 6) is -1.10. The number of esters is 1. The number of hydrogen-bond donors (Lipinski definition) is 1. The molecular weight excluding hydrogens is 359 g/mol. The molecule has 1 N–H and O–H groups in total. The van der Waals surface area contributed by atoms with Crippen LogP contribution in [0.3, 0.4) is 0 Å². The molecule has 1 amide bonds. The average Bonchev–Trinajstić information content (AvgIpc) is 2.81. The Bertz CT molecular complexity index is 741. The predicted octanol–water partition coefficient (Wildman–Crippen LogP) is 4.25. The van der Waals surface area contributed by atoms with Gasteiger partial charge in [-0.3, -0.25) is 4.79 Å². The second-order valence-corrected chi connectivity index (χ2v) is 6.80. The van der Waals surface area contributed by atoms with E-state index in [4.69, 9.17) is 27.9 Å². The van der Waals surface area contributed by atoms with Crippen LogP contribution in [0.1, 0.15) is 27.3 Å². The lowest BCUT2D eigenvalue weighted by Crippen LogP contribution is -2.30. The average molecular weight is 373 g/mol. The molecule has 0 saturated heterocycles. The number of para-hydroxylation sites is 1. The highest BCUT2D eigenvalue weighted by Gasteiger charge is 2.23. The van der Waals surface area contributed by atoms with Gasteiger partial charge in [0.05, 0.1) is 26.4 Å². The van der Waals surface area contributed by atoms with E-state index in [1.54, 1.807) is 32.0 Å². The van der Waals surface area contributed by atoms with Gasteiger partial charge in [-0.15, -0.1) is 11.3 Å². The van der Waals surface area contributed by atoms with Gasteiger partial charge in [0, 0.05) is 0 Å². The van der Waals surface area contributed by atoms with Gasteiger partial charge in [-0.05, 0) is 32.9 Å². The third-order valence-corrected chi connectivity index (χ3v) is 4.64. The number of carbonyl (C=O) groups is 2. The number of aromatic nitrogens is 1. The minimum atomic E-state index is -1.00. The summed E-state index contributed by atoms with van der Waals surface area (Å²) < 4.78 is 5.18. The highest BCUT2D eigenvalue weighted by atomic mass is 35.5. The summed E-state index contributed by atoms with van der Waals surface area (Å²) in [6.45, 7) is 4.99. The SMILES string of the molecule is Cc1nc(C)c(C(=O)O[C@H](C)C(=O)Nc2c(Cl)cccc2Cl)s1. The van der Waals surface area contributed by atoms with Crippen molar-refractivity contribution in [3.8, 4) is 0 Å². The zero-order valence-corrected chi connectivity index (χ0v) is 15.0. The molecule has 0 aliphatic rings. The number of carbonyl (C=O) groups excluding carboxylic acids is 2. The molecule has 1 aromatic carbocycles. The van der Waals surface area contributed by atoms with Crippen LogP contribution in [0.25, 0.3) is 0 Å². The van der Waals surface area contributed by atoms with Gasteiger partial charge in [0.25, 0.3) is 5.91 Å². The Balaban J connectivity index is 2.06. The van der Waals surface area contributed by atoms with Gasteiger partial charge in [0.2, 0.25) is 0 Å². The molecule has 0 aliphatic heterocycles. The van der Waals surface area contributed by atoms with Crippen molar-refractivity contribution in [3.05, 3.63) is 43.8 Å². The summed E-state index contributed by atoms with van der Waals surface area (Å²) in [6, 6.07) is 4.87. The lowest BCUT2D eigenvalue weighted by molar-refractivity contribution is -0.123. The number of nitrogens with zero attached hydrogens (tertiary/aromatic N) is 1. The van der Waals surface area contributed by atoms with Crippen molar-refractivity contribution in [3.63, 3.8) is 0 Å². The molecule has 0 saturated carbocycles. The highest BCUT2D eigenvalue weighted by Crippen LogP contribution is 2.30. The number of benzene rings is 1. The van der Waals surface area contributed by atoms with Gasteiger partial charge >= 0.3 is 5.97 Å². The Morgan fingerprint density at radius 3 is 2.39 bits per heavy atom. The first-order valence-corrected chi connectivity index (χ1v) is 8.26. The summed E-state index contributed by atoms with van der Waals surface area (Å²) in [6.07, 6.45) is -1.00. The third kappa shape index (κ3) is 4.22. The van der Waals surface area contributed by atoms with Crippen LogP contribution in [0.5, 0.6) is 0 Å². The van der Waals surface area contributed by atoms with Gasteiger partial charge in [0.15, 0.2) is 6.10 Å². The number of ether oxygens (including phenoxy) is 1. The zero-order chi connectivity index (χ0) is 17.1. The lowest BCUT2D eigenvalue weighted by atomic mass is 10.3. The van der Waals surface area contributed by atoms with Gasteiger partial charge < -0.3 is 10.1 Å². The molecule has 8 heteroatoms. The fourth-order valence-corrected chi connectivity index (χ4v) is 3.13. The highest BCUT2D eigenvalue weighted by molar-refractivity contribution is 7.13. The number of halogens is 2. The van der Waals surface area contributed by atoms with Crippen molar-refractivity contribution >= 4 is 52.1 Å². The van der Waals surface area contributed by atoms with E-state index in [2.05, 4.69) is 10.3 Å². The number of rotatable bonds is 4. The maximum absolute atomic E-state index is 12.2. The first-order chi connectivity index (χ1) is 10.8. The number of hydrogen-bond acceptors (Lipinski definition) is 5. The molecule has 1 aromatic heterocycles. The van der Waals surface area contributed by atoms with Crippen LogP contribution < -0.4 is 5.32 Å². The molecule has 1 heterocycles.